The Morgan fingerprint density at radius 1 is 1.13 bits per heavy atom. The first-order valence-electron chi connectivity index (χ1n) is 9.98. The molecule has 2 heterocycles. The Balaban J connectivity index is 1.52. The fourth-order valence-electron chi connectivity index (χ4n) is 3.38. The Morgan fingerprint density at radius 3 is 2.70 bits per heavy atom. The number of allylic oxidation sites excluding steroid dienone is 2. The summed E-state index contributed by atoms with van der Waals surface area (Å²) in [6.07, 6.45) is 4.19. The zero-order chi connectivity index (χ0) is 21.7. The number of aromatic nitrogens is 2. The maximum Gasteiger partial charge on any atom is 0.228 e. The number of nitrogens with zero attached hydrogens (tertiary/aromatic N) is 3. The molecular formula is C22H28N6O2. The van der Waals surface area contributed by atoms with Crippen LogP contribution in [0.25, 0.3) is 5.70 Å². The smallest absolute Gasteiger partial charge is 0.228 e. The van der Waals surface area contributed by atoms with Gasteiger partial charge in [-0.05, 0) is 44.1 Å². The van der Waals surface area contributed by atoms with Crippen molar-refractivity contribution < 1.29 is 9.59 Å². The number of benzene rings is 1. The lowest BCUT2D eigenvalue weighted by Crippen LogP contribution is -2.38. The van der Waals surface area contributed by atoms with Crippen LogP contribution in [0.5, 0.6) is 0 Å². The van der Waals surface area contributed by atoms with Crippen molar-refractivity contribution in [3.05, 3.63) is 65.1 Å². The molecule has 30 heavy (non-hydrogen) atoms. The Bertz CT molecular complexity index is 1000. The molecule has 1 aromatic heterocycles. The molecule has 158 valence electrons. The van der Waals surface area contributed by atoms with Crippen LogP contribution < -0.4 is 21.7 Å². The summed E-state index contributed by atoms with van der Waals surface area (Å²) >= 11 is 0. The standard InChI is InChI=1S/C22H28N6O2/c1-15-5-3-6-17(13-15)18(23)7-8-19(24)25-20(29)9-10-22(30)27-11-4-12-28-21(27)14-16(2)26-28/h3,5-8,13-14H,4,9-12,23-24H2,1-2H3,(H,25,29)/b18-7-,19-8+. The Labute approximate surface area is 176 Å². The van der Waals surface area contributed by atoms with Crippen molar-refractivity contribution in [1.29, 1.82) is 0 Å². The molecule has 0 bridgehead atoms. The molecule has 0 aliphatic carbocycles. The molecule has 0 radical (unpaired) electrons. The third kappa shape index (κ3) is 5.28. The van der Waals surface area contributed by atoms with Gasteiger partial charge in [0.2, 0.25) is 11.8 Å². The third-order valence-corrected chi connectivity index (χ3v) is 4.85. The van der Waals surface area contributed by atoms with Crippen LogP contribution in [-0.4, -0.2) is 28.1 Å². The van der Waals surface area contributed by atoms with Crippen LogP contribution in [0.4, 0.5) is 5.82 Å². The van der Waals surface area contributed by atoms with E-state index in [1.165, 1.54) is 0 Å². The number of hydrogen-bond donors (Lipinski definition) is 3. The van der Waals surface area contributed by atoms with E-state index in [1.807, 2.05) is 48.9 Å². The summed E-state index contributed by atoms with van der Waals surface area (Å²) in [4.78, 5) is 26.5. The number of rotatable bonds is 6. The van der Waals surface area contributed by atoms with Crippen LogP contribution in [0.15, 0.2) is 48.3 Å². The van der Waals surface area contributed by atoms with Gasteiger partial charge in [0.1, 0.15) is 11.6 Å². The maximum absolute atomic E-state index is 12.6. The van der Waals surface area contributed by atoms with Gasteiger partial charge in [0, 0.05) is 37.7 Å². The second-order valence-electron chi connectivity index (χ2n) is 7.43. The van der Waals surface area contributed by atoms with E-state index in [0.717, 1.165) is 35.6 Å². The van der Waals surface area contributed by atoms with Gasteiger partial charge in [-0.25, -0.2) is 4.68 Å². The summed E-state index contributed by atoms with van der Waals surface area (Å²) in [7, 11) is 0. The normalized spacial score (nSPS) is 14.4. The van der Waals surface area contributed by atoms with Crippen LogP contribution in [0.1, 0.15) is 36.1 Å². The molecule has 8 nitrogen and oxygen atoms in total. The van der Waals surface area contributed by atoms with Crippen molar-refractivity contribution in [2.75, 3.05) is 11.4 Å². The lowest BCUT2D eigenvalue weighted by molar-refractivity contribution is -0.124. The molecule has 8 heteroatoms. The Kier molecular flexibility index (Phi) is 6.56. The molecule has 0 unspecified atom stereocenters. The quantitative estimate of drug-likeness (QED) is 0.631. The topological polar surface area (TPSA) is 119 Å². The SMILES string of the molecule is Cc1cccc(/C(N)=C/C=C(\N)NC(=O)CCC(=O)N2CCCn3nc(C)cc32)c1. The number of carbonyl (C=O) groups excluding carboxylic acids is 2. The zero-order valence-electron chi connectivity index (χ0n) is 17.4. The van der Waals surface area contributed by atoms with Crippen LogP contribution >= 0.6 is 0 Å². The van der Waals surface area contributed by atoms with E-state index in [9.17, 15) is 9.59 Å². The average molecular weight is 409 g/mol. The summed E-state index contributed by atoms with van der Waals surface area (Å²) in [5.41, 5.74) is 15.3. The van der Waals surface area contributed by atoms with E-state index in [1.54, 1.807) is 17.1 Å². The van der Waals surface area contributed by atoms with Crippen molar-refractivity contribution in [2.45, 2.75) is 39.7 Å². The number of carbonyl (C=O) groups is 2. The van der Waals surface area contributed by atoms with E-state index in [0.29, 0.717) is 12.2 Å². The highest BCUT2D eigenvalue weighted by Crippen LogP contribution is 2.22. The van der Waals surface area contributed by atoms with Gasteiger partial charge in [-0.1, -0.05) is 23.8 Å². The molecular weight excluding hydrogens is 380 g/mol. The molecule has 0 saturated carbocycles. The first-order valence-corrected chi connectivity index (χ1v) is 9.98. The van der Waals surface area contributed by atoms with Crippen LogP contribution in [0.3, 0.4) is 0 Å². The average Bonchev–Trinajstić information content (AvgIpc) is 3.10. The highest BCUT2D eigenvalue weighted by Gasteiger charge is 2.24. The number of nitrogens with two attached hydrogens (primary N) is 2. The van der Waals surface area contributed by atoms with Gasteiger partial charge in [0.15, 0.2) is 0 Å². The number of fused-ring (bicyclic) bond motifs is 1. The molecule has 5 N–H and O–H groups in total. The van der Waals surface area contributed by atoms with E-state index in [-0.39, 0.29) is 30.5 Å². The summed E-state index contributed by atoms with van der Waals surface area (Å²) in [6, 6.07) is 9.67. The molecule has 1 aromatic carbocycles. The van der Waals surface area contributed by atoms with Gasteiger partial charge < -0.3 is 16.8 Å². The zero-order valence-corrected chi connectivity index (χ0v) is 17.4. The maximum atomic E-state index is 12.6. The molecule has 0 saturated heterocycles. The molecule has 1 aliphatic rings. The van der Waals surface area contributed by atoms with Crippen molar-refractivity contribution in [2.24, 2.45) is 11.5 Å². The van der Waals surface area contributed by atoms with Gasteiger partial charge in [-0.3, -0.25) is 14.5 Å². The van der Waals surface area contributed by atoms with Gasteiger partial charge in [-0.15, -0.1) is 0 Å². The minimum Gasteiger partial charge on any atom is -0.398 e. The number of anilines is 1. The monoisotopic (exact) mass is 408 g/mol. The molecule has 3 rings (SSSR count). The molecule has 0 spiro atoms. The Hall–Kier alpha value is -3.55. The summed E-state index contributed by atoms with van der Waals surface area (Å²) in [5.74, 6) is 0.550. The second kappa shape index (κ2) is 9.30. The van der Waals surface area contributed by atoms with Gasteiger partial charge in [0.05, 0.1) is 5.69 Å². The van der Waals surface area contributed by atoms with Crippen molar-refractivity contribution >= 4 is 23.3 Å². The number of amides is 2. The molecule has 0 fully saturated rings. The molecule has 2 amide bonds. The van der Waals surface area contributed by atoms with Gasteiger partial charge >= 0.3 is 0 Å². The summed E-state index contributed by atoms with van der Waals surface area (Å²) < 4.78 is 1.84. The lowest BCUT2D eigenvalue weighted by Gasteiger charge is -2.27. The van der Waals surface area contributed by atoms with Crippen LogP contribution in [0, 0.1) is 13.8 Å². The van der Waals surface area contributed by atoms with E-state index in [4.69, 9.17) is 11.5 Å². The fourth-order valence-corrected chi connectivity index (χ4v) is 3.38. The molecule has 1 aliphatic heterocycles. The Morgan fingerprint density at radius 2 is 1.93 bits per heavy atom. The minimum absolute atomic E-state index is 0.0497. The molecule has 0 atom stereocenters. The van der Waals surface area contributed by atoms with Gasteiger partial charge in [0.25, 0.3) is 0 Å². The highest BCUT2D eigenvalue weighted by atomic mass is 16.2. The van der Waals surface area contributed by atoms with E-state index in [2.05, 4.69) is 10.4 Å². The largest absolute Gasteiger partial charge is 0.398 e. The first kappa shape index (κ1) is 21.2. The first-order chi connectivity index (χ1) is 14.3. The van der Waals surface area contributed by atoms with Crippen molar-refractivity contribution in [1.82, 2.24) is 15.1 Å². The van der Waals surface area contributed by atoms with E-state index >= 15 is 0 Å². The summed E-state index contributed by atoms with van der Waals surface area (Å²) in [5, 5.41) is 6.97. The highest BCUT2D eigenvalue weighted by molar-refractivity contribution is 5.95. The fraction of sp³-hybridized carbons (Fsp3) is 0.318. The predicted octanol–water partition coefficient (Wildman–Crippen LogP) is 1.93. The van der Waals surface area contributed by atoms with Crippen LogP contribution in [0.2, 0.25) is 0 Å². The van der Waals surface area contributed by atoms with Gasteiger partial charge in [-0.2, -0.15) is 5.10 Å². The minimum atomic E-state index is -0.318. The second-order valence-corrected chi connectivity index (χ2v) is 7.43. The van der Waals surface area contributed by atoms with Crippen molar-refractivity contribution in [3.8, 4) is 0 Å². The predicted molar refractivity (Wildman–Crippen MR) is 117 cm³/mol. The number of nitrogens with one attached hydrogen (secondary N) is 1. The molecule has 2 aromatic rings. The number of aryl methyl sites for hydroxylation is 3. The lowest BCUT2D eigenvalue weighted by atomic mass is 10.1. The number of hydrogen-bond acceptors (Lipinski definition) is 5. The summed E-state index contributed by atoms with van der Waals surface area (Å²) in [6.45, 7) is 5.32. The van der Waals surface area contributed by atoms with E-state index < -0.39 is 0 Å². The van der Waals surface area contributed by atoms with Crippen molar-refractivity contribution in [3.63, 3.8) is 0 Å². The van der Waals surface area contributed by atoms with Crippen LogP contribution in [-0.2, 0) is 16.1 Å². The third-order valence-electron chi connectivity index (χ3n) is 4.85.